The summed E-state index contributed by atoms with van der Waals surface area (Å²) in [5, 5.41) is 3.13. The number of hydrogen-bond donors (Lipinski definition) is 1. The van der Waals surface area contributed by atoms with E-state index in [0.29, 0.717) is 6.54 Å². The van der Waals surface area contributed by atoms with E-state index in [4.69, 9.17) is 0 Å². The number of thiazole rings is 1. The standard InChI is InChI=1S/C13H14F3N3S/c1-2-4-19-12(11-7-18-8-20-11)9-6-17-5-3-10(9)13(14,15)16/h3,5-8,12,19H,2,4H2,1H3. The topological polar surface area (TPSA) is 37.8 Å². The van der Waals surface area contributed by atoms with Crippen LogP contribution in [0.5, 0.6) is 0 Å². The Morgan fingerprint density at radius 3 is 2.70 bits per heavy atom. The van der Waals surface area contributed by atoms with Crippen LogP contribution in [0, 0.1) is 0 Å². The highest BCUT2D eigenvalue weighted by atomic mass is 32.1. The van der Waals surface area contributed by atoms with Crippen molar-refractivity contribution in [3.8, 4) is 0 Å². The molecule has 0 aliphatic heterocycles. The number of halogens is 3. The van der Waals surface area contributed by atoms with Gasteiger partial charge >= 0.3 is 6.18 Å². The Hall–Kier alpha value is -1.47. The minimum Gasteiger partial charge on any atom is -0.305 e. The molecule has 0 radical (unpaired) electrons. The Bertz CT molecular complexity index is 540. The van der Waals surface area contributed by atoms with E-state index in [0.717, 1.165) is 23.6 Å². The van der Waals surface area contributed by atoms with E-state index in [1.165, 1.54) is 17.5 Å². The van der Waals surface area contributed by atoms with Gasteiger partial charge < -0.3 is 5.32 Å². The van der Waals surface area contributed by atoms with Gasteiger partial charge in [-0.3, -0.25) is 9.97 Å². The smallest absolute Gasteiger partial charge is 0.305 e. The molecule has 2 rings (SSSR count). The summed E-state index contributed by atoms with van der Waals surface area (Å²) in [5.74, 6) is 0. The molecule has 0 saturated heterocycles. The Labute approximate surface area is 118 Å². The zero-order valence-corrected chi connectivity index (χ0v) is 11.6. The van der Waals surface area contributed by atoms with Crippen LogP contribution in [0.15, 0.2) is 30.2 Å². The van der Waals surface area contributed by atoms with E-state index >= 15 is 0 Å². The summed E-state index contributed by atoms with van der Waals surface area (Å²) >= 11 is 1.33. The van der Waals surface area contributed by atoms with Crippen LogP contribution in [0.1, 0.15) is 35.4 Å². The van der Waals surface area contributed by atoms with Gasteiger partial charge in [0.2, 0.25) is 0 Å². The van der Waals surface area contributed by atoms with Crippen molar-refractivity contribution in [2.45, 2.75) is 25.6 Å². The molecule has 1 unspecified atom stereocenters. The lowest BCUT2D eigenvalue weighted by Crippen LogP contribution is -2.25. The van der Waals surface area contributed by atoms with Crippen LogP contribution < -0.4 is 5.32 Å². The molecule has 0 bridgehead atoms. The summed E-state index contributed by atoms with van der Waals surface area (Å²) in [6.07, 6.45) is 0.461. The predicted molar refractivity (Wildman–Crippen MR) is 71.5 cm³/mol. The molecule has 0 aliphatic carbocycles. The Morgan fingerprint density at radius 2 is 2.10 bits per heavy atom. The lowest BCUT2D eigenvalue weighted by Gasteiger charge is -2.21. The van der Waals surface area contributed by atoms with Crippen molar-refractivity contribution in [3.63, 3.8) is 0 Å². The van der Waals surface area contributed by atoms with Crippen molar-refractivity contribution in [3.05, 3.63) is 46.2 Å². The molecule has 0 saturated carbocycles. The van der Waals surface area contributed by atoms with E-state index < -0.39 is 17.8 Å². The highest BCUT2D eigenvalue weighted by molar-refractivity contribution is 7.09. The molecule has 1 atom stereocenters. The second kappa shape index (κ2) is 6.32. The number of rotatable bonds is 5. The highest BCUT2D eigenvalue weighted by Crippen LogP contribution is 2.36. The molecule has 2 aromatic heterocycles. The van der Waals surface area contributed by atoms with Gasteiger partial charge in [-0.05, 0) is 19.0 Å². The zero-order valence-electron chi connectivity index (χ0n) is 10.8. The number of nitrogens with one attached hydrogen (secondary N) is 1. The molecule has 7 heteroatoms. The summed E-state index contributed by atoms with van der Waals surface area (Å²) in [7, 11) is 0. The number of alkyl halides is 3. The normalized spacial score (nSPS) is 13.4. The van der Waals surface area contributed by atoms with Crippen LogP contribution in [0.2, 0.25) is 0 Å². The van der Waals surface area contributed by atoms with E-state index in [1.807, 2.05) is 6.92 Å². The second-order valence-electron chi connectivity index (χ2n) is 4.25. The maximum absolute atomic E-state index is 13.1. The highest BCUT2D eigenvalue weighted by Gasteiger charge is 2.35. The van der Waals surface area contributed by atoms with Crippen LogP contribution in [0.3, 0.4) is 0 Å². The molecule has 0 fully saturated rings. The Balaban J connectivity index is 2.44. The van der Waals surface area contributed by atoms with Crippen LogP contribution in [0.25, 0.3) is 0 Å². The van der Waals surface area contributed by atoms with Gasteiger partial charge in [0.1, 0.15) is 0 Å². The van der Waals surface area contributed by atoms with Gasteiger partial charge in [-0.2, -0.15) is 13.2 Å². The number of pyridine rings is 1. The lowest BCUT2D eigenvalue weighted by atomic mass is 10.0. The van der Waals surface area contributed by atoms with Gasteiger partial charge in [-0.1, -0.05) is 6.92 Å². The largest absolute Gasteiger partial charge is 0.416 e. The molecule has 1 N–H and O–H groups in total. The Morgan fingerprint density at radius 1 is 1.30 bits per heavy atom. The first-order valence-corrected chi connectivity index (χ1v) is 7.05. The fraction of sp³-hybridized carbons (Fsp3) is 0.385. The molecule has 2 aromatic rings. The number of nitrogens with zero attached hydrogens (tertiary/aromatic N) is 2. The van der Waals surface area contributed by atoms with Crippen molar-refractivity contribution in [2.24, 2.45) is 0 Å². The average Bonchev–Trinajstić information content (AvgIpc) is 2.92. The Kier molecular flexibility index (Phi) is 4.72. The lowest BCUT2D eigenvalue weighted by molar-refractivity contribution is -0.138. The van der Waals surface area contributed by atoms with Gasteiger partial charge in [0.05, 0.1) is 17.1 Å². The minimum atomic E-state index is -4.39. The molecular weight excluding hydrogens is 287 g/mol. The monoisotopic (exact) mass is 301 g/mol. The van der Waals surface area contributed by atoms with Crippen molar-refractivity contribution in [1.29, 1.82) is 0 Å². The van der Waals surface area contributed by atoms with Gasteiger partial charge in [0.15, 0.2) is 0 Å². The maximum atomic E-state index is 13.1. The van der Waals surface area contributed by atoms with E-state index in [9.17, 15) is 13.2 Å². The first-order chi connectivity index (χ1) is 9.54. The second-order valence-corrected chi connectivity index (χ2v) is 5.17. The van der Waals surface area contributed by atoms with Gasteiger partial charge in [-0.15, -0.1) is 11.3 Å². The fourth-order valence-electron chi connectivity index (χ4n) is 1.92. The first-order valence-electron chi connectivity index (χ1n) is 6.17. The quantitative estimate of drug-likeness (QED) is 0.916. The molecule has 3 nitrogen and oxygen atoms in total. The minimum absolute atomic E-state index is 0.137. The summed E-state index contributed by atoms with van der Waals surface area (Å²) < 4.78 is 39.3. The summed E-state index contributed by atoms with van der Waals surface area (Å²) in [6, 6.07) is 0.476. The summed E-state index contributed by atoms with van der Waals surface area (Å²) in [6.45, 7) is 2.58. The third-order valence-electron chi connectivity index (χ3n) is 2.80. The van der Waals surface area contributed by atoms with Crippen LogP contribution in [-0.2, 0) is 6.18 Å². The molecule has 0 amide bonds. The fourth-order valence-corrected chi connectivity index (χ4v) is 2.63. The average molecular weight is 301 g/mol. The molecule has 108 valence electrons. The molecule has 20 heavy (non-hydrogen) atoms. The maximum Gasteiger partial charge on any atom is 0.416 e. The van der Waals surface area contributed by atoms with E-state index in [-0.39, 0.29) is 5.56 Å². The molecule has 0 aliphatic rings. The summed E-state index contributed by atoms with van der Waals surface area (Å²) in [5.41, 5.74) is 1.09. The molecule has 2 heterocycles. The van der Waals surface area contributed by atoms with Crippen molar-refractivity contribution in [1.82, 2.24) is 15.3 Å². The molecule has 0 spiro atoms. The van der Waals surface area contributed by atoms with E-state index in [1.54, 1.807) is 11.7 Å². The van der Waals surface area contributed by atoms with Gasteiger partial charge in [-0.25, -0.2) is 0 Å². The molecule has 0 aromatic carbocycles. The van der Waals surface area contributed by atoms with Crippen LogP contribution in [-0.4, -0.2) is 16.5 Å². The third-order valence-corrected chi connectivity index (χ3v) is 3.64. The SMILES string of the molecule is CCCNC(c1cncs1)c1cnccc1C(F)(F)F. The zero-order chi connectivity index (χ0) is 14.6. The van der Waals surface area contributed by atoms with Crippen molar-refractivity contribution < 1.29 is 13.2 Å². The van der Waals surface area contributed by atoms with Crippen molar-refractivity contribution in [2.75, 3.05) is 6.54 Å². The van der Waals surface area contributed by atoms with Gasteiger partial charge in [0.25, 0.3) is 0 Å². The third kappa shape index (κ3) is 3.34. The number of hydrogen-bond acceptors (Lipinski definition) is 4. The summed E-state index contributed by atoms with van der Waals surface area (Å²) in [4.78, 5) is 8.53. The van der Waals surface area contributed by atoms with Gasteiger partial charge in [0, 0.05) is 29.0 Å². The molecular formula is C13H14F3N3S. The number of aromatic nitrogens is 2. The van der Waals surface area contributed by atoms with Crippen molar-refractivity contribution >= 4 is 11.3 Å². The first kappa shape index (κ1) is 14.9. The van der Waals surface area contributed by atoms with Crippen LogP contribution in [0.4, 0.5) is 13.2 Å². The predicted octanol–water partition coefficient (Wildman–Crippen LogP) is 3.65. The van der Waals surface area contributed by atoms with Crippen LogP contribution >= 0.6 is 11.3 Å². The van der Waals surface area contributed by atoms with E-state index in [2.05, 4.69) is 15.3 Å².